The van der Waals surface area contributed by atoms with Crippen LogP contribution in [0.15, 0.2) is 45.7 Å². The van der Waals surface area contributed by atoms with Crippen molar-refractivity contribution in [2.75, 3.05) is 0 Å². The summed E-state index contributed by atoms with van der Waals surface area (Å²) < 4.78 is 7.28. The van der Waals surface area contributed by atoms with Crippen molar-refractivity contribution in [2.45, 2.75) is 53.1 Å². The average molecular weight is 366 g/mol. The van der Waals surface area contributed by atoms with Crippen molar-refractivity contribution < 1.29 is 9.21 Å². The van der Waals surface area contributed by atoms with Gasteiger partial charge in [0.1, 0.15) is 11.3 Å². The van der Waals surface area contributed by atoms with Crippen LogP contribution in [0.1, 0.15) is 60.4 Å². The first-order valence-electron chi connectivity index (χ1n) is 9.42. The number of nitrogens with zero attached hydrogens (tertiary/aromatic N) is 1. The van der Waals surface area contributed by atoms with Crippen LogP contribution in [0.25, 0.3) is 11.0 Å². The first-order chi connectivity index (χ1) is 12.9. The second-order valence-electron chi connectivity index (χ2n) is 7.17. The van der Waals surface area contributed by atoms with Gasteiger partial charge in [-0.1, -0.05) is 45.0 Å². The van der Waals surface area contributed by atoms with Crippen molar-refractivity contribution in [3.05, 3.63) is 69.3 Å². The number of rotatable bonds is 6. The molecule has 0 spiro atoms. The monoisotopic (exact) mass is 366 g/mol. The smallest absolute Gasteiger partial charge is 0.262 e. The van der Waals surface area contributed by atoms with Crippen molar-refractivity contribution in [1.82, 2.24) is 9.88 Å². The van der Waals surface area contributed by atoms with E-state index in [4.69, 9.17) is 4.42 Å². The molecule has 142 valence electrons. The van der Waals surface area contributed by atoms with Crippen molar-refractivity contribution in [2.24, 2.45) is 0 Å². The second-order valence-corrected chi connectivity index (χ2v) is 7.17. The van der Waals surface area contributed by atoms with Crippen LogP contribution < -0.4 is 10.9 Å². The van der Waals surface area contributed by atoms with Gasteiger partial charge < -0.3 is 14.3 Å². The molecule has 1 amide bonds. The van der Waals surface area contributed by atoms with Crippen LogP contribution in [0.5, 0.6) is 0 Å². The molecule has 0 aliphatic heterocycles. The van der Waals surface area contributed by atoms with Gasteiger partial charge in [-0.3, -0.25) is 9.59 Å². The van der Waals surface area contributed by atoms with Gasteiger partial charge in [0.15, 0.2) is 0 Å². The van der Waals surface area contributed by atoms with Gasteiger partial charge in [0.25, 0.3) is 11.5 Å². The van der Waals surface area contributed by atoms with Crippen molar-refractivity contribution in [1.29, 1.82) is 0 Å². The minimum atomic E-state index is -0.287. The van der Waals surface area contributed by atoms with Crippen LogP contribution >= 0.6 is 0 Å². The molecule has 0 unspecified atom stereocenters. The molecule has 5 nitrogen and oxygen atoms in total. The van der Waals surface area contributed by atoms with Gasteiger partial charge in [-0.15, -0.1) is 0 Å². The third kappa shape index (κ3) is 3.82. The molecule has 1 N–H and O–H groups in total. The van der Waals surface area contributed by atoms with Crippen LogP contribution in [0, 0.1) is 6.92 Å². The summed E-state index contributed by atoms with van der Waals surface area (Å²) in [5.41, 5.74) is 2.88. The number of aryl methyl sites for hydroxylation is 2. The summed E-state index contributed by atoms with van der Waals surface area (Å²) in [6.45, 7) is 9.04. The number of pyridine rings is 1. The molecular formula is C22H26N2O3. The van der Waals surface area contributed by atoms with E-state index in [1.54, 1.807) is 23.8 Å². The lowest BCUT2D eigenvalue weighted by atomic mass is 10.0. The number of fused-ring (bicyclic) bond motifs is 1. The summed E-state index contributed by atoms with van der Waals surface area (Å²) in [6, 6.07) is 9.94. The molecule has 0 bridgehead atoms. The molecule has 0 aliphatic carbocycles. The number of hydrogen-bond donors (Lipinski definition) is 1. The highest BCUT2D eigenvalue weighted by atomic mass is 16.3. The summed E-state index contributed by atoms with van der Waals surface area (Å²) in [5, 5.41) is 3.27. The predicted molar refractivity (Wildman–Crippen MR) is 107 cm³/mol. The maximum Gasteiger partial charge on any atom is 0.262 e. The molecule has 1 aromatic carbocycles. The third-order valence-corrected chi connectivity index (χ3v) is 4.78. The van der Waals surface area contributed by atoms with E-state index in [1.165, 1.54) is 5.56 Å². The molecule has 0 atom stereocenters. The van der Waals surface area contributed by atoms with Gasteiger partial charge in [-0.2, -0.15) is 0 Å². The van der Waals surface area contributed by atoms with Crippen molar-refractivity contribution in [3.8, 4) is 0 Å². The van der Waals surface area contributed by atoms with E-state index >= 15 is 0 Å². The number of benzene rings is 1. The van der Waals surface area contributed by atoms with Crippen LogP contribution in [-0.4, -0.2) is 10.5 Å². The lowest BCUT2D eigenvalue weighted by molar-refractivity contribution is 0.0950. The van der Waals surface area contributed by atoms with Gasteiger partial charge in [0.2, 0.25) is 0 Å². The molecule has 27 heavy (non-hydrogen) atoms. The molecule has 0 saturated carbocycles. The summed E-state index contributed by atoms with van der Waals surface area (Å²) in [6.07, 6.45) is 2.56. The molecule has 2 heterocycles. The number of hydrogen-bond acceptors (Lipinski definition) is 3. The number of amides is 1. The first kappa shape index (κ1) is 19.0. The molecule has 5 heteroatoms. The van der Waals surface area contributed by atoms with Crippen molar-refractivity contribution >= 4 is 16.9 Å². The predicted octanol–water partition coefficient (Wildman–Crippen LogP) is 4.37. The van der Waals surface area contributed by atoms with Gasteiger partial charge in [-0.25, -0.2) is 0 Å². The number of carbonyl (C=O) groups is 1. The Hall–Kier alpha value is -2.82. The fraction of sp³-hybridized carbons (Fsp3) is 0.364. The van der Waals surface area contributed by atoms with Gasteiger partial charge in [-0.05, 0) is 36.5 Å². The Labute approximate surface area is 159 Å². The van der Waals surface area contributed by atoms with Gasteiger partial charge in [0.05, 0.1) is 10.9 Å². The Balaban J connectivity index is 1.86. The largest absolute Gasteiger partial charge is 0.460 e. The fourth-order valence-electron chi connectivity index (χ4n) is 3.25. The number of furan rings is 1. The molecule has 2 aromatic heterocycles. The van der Waals surface area contributed by atoms with E-state index in [1.807, 2.05) is 19.1 Å². The van der Waals surface area contributed by atoms with Crippen LogP contribution in [0.2, 0.25) is 0 Å². The van der Waals surface area contributed by atoms with Crippen LogP contribution in [0.4, 0.5) is 0 Å². The normalized spacial score (nSPS) is 11.3. The van der Waals surface area contributed by atoms with E-state index < -0.39 is 0 Å². The van der Waals surface area contributed by atoms with E-state index in [0.29, 0.717) is 41.3 Å². The lowest BCUT2D eigenvalue weighted by Gasteiger charge is -2.08. The van der Waals surface area contributed by atoms with E-state index in [2.05, 4.69) is 31.3 Å². The number of nitrogens with one attached hydrogen (secondary N) is 1. The average Bonchev–Trinajstić information content (AvgIpc) is 2.99. The maximum atomic E-state index is 12.8. The number of carbonyl (C=O) groups excluding carboxylic acids is 1. The molecule has 3 aromatic rings. The van der Waals surface area contributed by atoms with E-state index in [0.717, 1.165) is 12.0 Å². The van der Waals surface area contributed by atoms with Crippen LogP contribution in [-0.2, 0) is 13.1 Å². The standard InChI is InChI=1S/C22H26N2O3/c1-5-11-24-12-10-18-20(22(24)26)19(15(4)27-18)21(25)23-13-16-6-8-17(9-7-16)14(2)3/h6-10,12,14H,5,11,13H2,1-4H3,(H,23,25). The maximum absolute atomic E-state index is 12.8. The zero-order valence-electron chi connectivity index (χ0n) is 16.3. The Kier molecular flexibility index (Phi) is 5.49. The zero-order chi connectivity index (χ0) is 19.6. The molecule has 0 radical (unpaired) electrons. The minimum Gasteiger partial charge on any atom is -0.460 e. The summed E-state index contributed by atoms with van der Waals surface area (Å²) in [7, 11) is 0. The molecule has 0 fully saturated rings. The minimum absolute atomic E-state index is 0.183. The molecular weight excluding hydrogens is 340 g/mol. The fourth-order valence-corrected chi connectivity index (χ4v) is 3.25. The Morgan fingerprint density at radius 2 is 1.89 bits per heavy atom. The Morgan fingerprint density at radius 1 is 1.19 bits per heavy atom. The SMILES string of the molecule is CCCn1ccc2oc(C)c(C(=O)NCc3ccc(C(C)C)cc3)c2c1=O. The van der Waals surface area contributed by atoms with E-state index in [-0.39, 0.29) is 11.5 Å². The molecule has 0 saturated heterocycles. The van der Waals surface area contributed by atoms with E-state index in [9.17, 15) is 9.59 Å². The summed E-state index contributed by atoms with van der Waals surface area (Å²) >= 11 is 0. The summed E-state index contributed by atoms with van der Waals surface area (Å²) in [5.74, 6) is 0.647. The Morgan fingerprint density at radius 3 is 2.52 bits per heavy atom. The lowest BCUT2D eigenvalue weighted by Crippen LogP contribution is -2.26. The molecule has 0 aliphatic rings. The zero-order valence-corrected chi connectivity index (χ0v) is 16.3. The highest BCUT2D eigenvalue weighted by molar-refractivity contribution is 6.06. The quantitative estimate of drug-likeness (QED) is 0.705. The van der Waals surface area contributed by atoms with Crippen molar-refractivity contribution in [3.63, 3.8) is 0 Å². The topological polar surface area (TPSA) is 64.2 Å². The highest BCUT2D eigenvalue weighted by Gasteiger charge is 2.21. The van der Waals surface area contributed by atoms with Crippen LogP contribution in [0.3, 0.4) is 0 Å². The van der Waals surface area contributed by atoms with Gasteiger partial charge >= 0.3 is 0 Å². The van der Waals surface area contributed by atoms with Gasteiger partial charge in [0, 0.05) is 19.3 Å². The number of aromatic nitrogens is 1. The molecule has 3 rings (SSSR count). The summed E-state index contributed by atoms with van der Waals surface area (Å²) in [4.78, 5) is 25.5. The third-order valence-electron chi connectivity index (χ3n) is 4.78. The highest BCUT2D eigenvalue weighted by Crippen LogP contribution is 2.22. The second kappa shape index (κ2) is 7.82. The Bertz CT molecular complexity index is 1010. The first-order valence-corrected chi connectivity index (χ1v) is 9.42.